The molecule has 3 fully saturated rings. The molecule has 0 amide bonds. The van der Waals surface area contributed by atoms with Crippen molar-refractivity contribution in [3.8, 4) is 0 Å². The van der Waals surface area contributed by atoms with Crippen LogP contribution in [0.5, 0.6) is 0 Å². The number of methoxy groups -OCH3 is 1. The highest BCUT2D eigenvalue weighted by atomic mass is 16.7. The van der Waals surface area contributed by atoms with Gasteiger partial charge >= 0.3 is 5.97 Å². The number of carbonyl (C=O) groups is 2. The molecular weight excluding hydrogens is 614 g/mol. The minimum atomic E-state index is -1.42. The van der Waals surface area contributed by atoms with E-state index in [1.165, 1.54) is 0 Å². The molecule has 4 rings (SSSR count). The number of carbonyl (C=O) groups excluding carboxylic acids is 2. The van der Waals surface area contributed by atoms with E-state index in [1.807, 2.05) is 52.3 Å². The zero-order valence-electron chi connectivity index (χ0n) is 31.3. The molecule has 274 valence electrons. The number of aliphatic hydroxyl groups is 1. The maximum Gasteiger partial charge on any atom is 0.319 e. The van der Waals surface area contributed by atoms with E-state index in [0.29, 0.717) is 18.8 Å². The van der Waals surface area contributed by atoms with Crippen molar-refractivity contribution in [1.29, 1.82) is 0 Å². The second-order valence-corrected chi connectivity index (χ2v) is 15.9. The van der Waals surface area contributed by atoms with Crippen LogP contribution >= 0.6 is 0 Å². The Kier molecular flexibility index (Phi) is 12.9. The van der Waals surface area contributed by atoms with E-state index in [-0.39, 0.29) is 36.5 Å². The summed E-state index contributed by atoms with van der Waals surface area (Å²) in [6, 6.07) is -0.169. The van der Waals surface area contributed by atoms with Gasteiger partial charge in [-0.25, -0.2) is 4.98 Å². The van der Waals surface area contributed by atoms with Gasteiger partial charge in [0.1, 0.15) is 24.0 Å². The lowest BCUT2D eigenvalue weighted by molar-refractivity contribution is -0.295. The van der Waals surface area contributed by atoms with E-state index in [2.05, 4.69) is 33.3 Å². The van der Waals surface area contributed by atoms with Crippen LogP contribution in [0.3, 0.4) is 0 Å². The number of aromatic nitrogens is 2. The molecule has 4 heterocycles. The summed E-state index contributed by atoms with van der Waals surface area (Å²) >= 11 is 0. The predicted molar refractivity (Wildman–Crippen MR) is 183 cm³/mol. The Morgan fingerprint density at radius 2 is 1.77 bits per heavy atom. The molecule has 1 N–H and O–H groups in total. The smallest absolute Gasteiger partial charge is 0.319 e. The summed E-state index contributed by atoms with van der Waals surface area (Å²) in [7, 11) is 9.64. The van der Waals surface area contributed by atoms with Crippen molar-refractivity contribution in [3.63, 3.8) is 0 Å². The van der Waals surface area contributed by atoms with Crippen LogP contribution < -0.4 is 0 Å². The number of aryl methyl sites for hydroxylation is 1. The maximum atomic E-state index is 14.3. The molecule has 3 saturated heterocycles. The topological polar surface area (TPSA) is 119 Å². The van der Waals surface area contributed by atoms with E-state index >= 15 is 0 Å². The van der Waals surface area contributed by atoms with Gasteiger partial charge in [0, 0.05) is 51.1 Å². The minimum absolute atomic E-state index is 0.00637. The lowest BCUT2D eigenvalue weighted by Crippen LogP contribution is -2.59. The highest BCUT2D eigenvalue weighted by molar-refractivity contribution is 6.04. The molecule has 0 spiro atoms. The number of esters is 1. The Bertz CT molecular complexity index is 1220. The monoisotopic (exact) mass is 677 g/mol. The van der Waals surface area contributed by atoms with Crippen molar-refractivity contribution in [2.24, 2.45) is 30.2 Å². The number of likely N-dealkylation sites (tertiary alicyclic amines) is 1. The number of hydrogen-bond donors (Lipinski definition) is 1. The normalized spacial score (nSPS) is 37.1. The first-order chi connectivity index (χ1) is 22.5. The molecule has 0 saturated carbocycles. The fraction of sp³-hybridized carbons (Fsp3) is 0.861. The van der Waals surface area contributed by atoms with Crippen molar-refractivity contribution in [1.82, 2.24) is 24.3 Å². The van der Waals surface area contributed by atoms with Gasteiger partial charge in [0.25, 0.3) is 0 Å². The Morgan fingerprint density at radius 1 is 1.10 bits per heavy atom. The second kappa shape index (κ2) is 16.0. The zero-order chi connectivity index (χ0) is 35.6. The summed E-state index contributed by atoms with van der Waals surface area (Å²) in [6.07, 6.45) is 4.16. The van der Waals surface area contributed by atoms with Gasteiger partial charge in [-0.2, -0.15) is 0 Å². The quantitative estimate of drug-likeness (QED) is 0.339. The molecule has 0 radical (unpaired) electrons. The summed E-state index contributed by atoms with van der Waals surface area (Å²) < 4.78 is 27.2. The summed E-state index contributed by atoms with van der Waals surface area (Å²) in [5.41, 5.74) is -2.35. The number of rotatable bonds is 7. The van der Waals surface area contributed by atoms with Gasteiger partial charge in [-0.15, -0.1) is 0 Å². The molecule has 0 aromatic carbocycles. The van der Waals surface area contributed by atoms with E-state index in [9.17, 15) is 14.7 Å². The Morgan fingerprint density at radius 3 is 2.35 bits per heavy atom. The van der Waals surface area contributed by atoms with Gasteiger partial charge < -0.3 is 33.5 Å². The molecule has 9 atom stereocenters. The fourth-order valence-electron chi connectivity index (χ4n) is 8.31. The Labute approximate surface area is 288 Å². The molecule has 3 aliphatic heterocycles. The molecular formula is C36H63N5O7. The van der Waals surface area contributed by atoms with Gasteiger partial charge in [-0.05, 0) is 99.4 Å². The summed E-state index contributed by atoms with van der Waals surface area (Å²) in [5, 5.41) is 11.4. The number of ether oxygens (including phenoxy) is 4. The van der Waals surface area contributed by atoms with Gasteiger partial charge in [0.05, 0.1) is 24.4 Å². The third kappa shape index (κ3) is 8.68. The molecule has 12 nitrogen and oxygen atoms in total. The first kappa shape index (κ1) is 38.9. The number of likely N-dealkylation sites (N-methyl/N-ethyl adjacent to an activating group) is 2. The van der Waals surface area contributed by atoms with Crippen LogP contribution in [0.4, 0.5) is 0 Å². The summed E-state index contributed by atoms with van der Waals surface area (Å²) in [5.74, 6) is -0.0519. The third-order valence-corrected chi connectivity index (χ3v) is 11.4. The van der Waals surface area contributed by atoms with E-state index in [4.69, 9.17) is 18.9 Å². The van der Waals surface area contributed by atoms with Crippen LogP contribution in [-0.4, -0.2) is 138 Å². The first-order valence-corrected chi connectivity index (χ1v) is 17.8. The SMILES string of the molecule is CO[C@]1(C)C[C@@H](C)CN(C)C(C2CCN(Cc3nccn3C)CC2)COC(=O)C(C)(C)C(=O)[C@H](C)[C@H]1O[C@@H]1O[C@H](C)C[C@H](N(C)C)[C@H]1O. The predicted octanol–water partition coefficient (Wildman–Crippen LogP) is 2.96. The number of nitrogens with zero attached hydrogens (tertiary/aromatic N) is 5. The van der Waals surface area contributed by atoms with Gasteiger partial charge in [0.2, 0.25) is 0 Å². The lowest BCUT2D eigenvalue weighted by atomic mass is 9.74. The highest BCUT2D eigenvalue weighted by Crippen LogP contribution is 2.39. The van der Waals surface area contributed by atoms with Crippen LogP contribution in [0.15, 0.2) is 12.4 Å². The maximum absolute atomic E-state index is 14.3. The fourth-order valence-corrected chi connectivity index (χ4v) is 8.31. The van der Waals surface area contributed by atoms with Crippen LogP contribution in [0.2, 0.25) is 0 Å². The molecule has 12 heteroatoms. The average molecular weight is 678 g/mol. The van der Waals surface area contributed by atoms with Crippen LogP contribution in [-0.2, 0) is 42.1 Å². The van der Waals surface area contributed by atoms with Crippen LogP contribution in [0, 0.1) is 23.2 Å². The number of piperidine rings is 1. The number of ketones is 1. The van der Waals surface area contributed by atoms with Crippen molar-refractivity contribution in [2.75, 3.05) is 54.5 Å². The standard InChI is InChI=1S/C36H63N5O7/c1-23-19-36(6,45-11)32(48-33-30(42)27(38(7)8)18-24(2)47-33)25(3)31(43)35(4,5)34(44)46-22-28(40(10)20-23)26-12-15-41(16-13-26)21-29-37-14-17-39(29)9/h14,17,23-28,30,32-33,42H,12-13,15-16,18-22H2,1-11H3/t23-,24-,25+,27+,28?,30-,32-,33+,36-/m1/s1. The highest BCUT2D eigenvalue weighted by Gasteiger charge is 2.51. The number of imidazole rings is 1. The molecule has 48 heavy (non-hydrogen) atoms. The number of hydrogen-bond acceptors (Lipinski definition) is 11. The molecule has 3 aliphatic rings. The van der Waals surface area contributed by atoms with Crippen molar-refractivity contribution < 1.29 is 33.6 Å². The second-order valence-electron chi connectivity index (χ2n) is 15.9. The van der Waals surface area contributed by atoms with Crippen LogP contribution in [0.1, 0.15) is 73.1 Å². The molecule has 1 unspecified atom stereocenters. The lowest BCUT2D eigenvalue weighted by Gasteiger charge is -2.47. The third-order valence-electron chi connectivity index (χ3n) is 11.4. The zero-order valence-corrected chi connectivity index (χ0v) is 31.3. The summed E-state index contributed by atoms with van der Waals surface area (Å²) in [6.45, 7) is 14.9. The minimum Gasteiger partial charge on any atom is -0.463 e. The average Bonchev–Trinajstić information content (AvgIpc) is 3.43. The largest absolute Gasteiger partial charge is 0.463 e. The Balaban J connectivity index is 1.58. The van der Waals surface area contributed by atoms with E-state index < -0.39 is 41.4 Å². The van der Waals surface area contributed by atoms with Crippen molar-refractivity contribution in [3.05, 3.63) is 18.2 Å². The van der Waals surface area contributed by atoms with Crippen molar-refractivity contribution in [2.45, 2.75) is 116 Å². The van der Waals surface area contributed by atoms with Crippen LogP contribution in [0.25, 0.3) is 0 Å². The van der Waals surface area contributed by atoms with E-state index in [1.54, 1.807) is 27.9 Å². The molecule has 0 aliphatic carbocycles. The Hall–Kier alpha value is -1.93. The number of Topliss-reactive ketones (excluding diaryl/α,β-unsaturated/α-hetero) is 1. The van der Waals surface area contributed by atoms with E-state index in [0.717, 1.165) is 44.8 Å². The van der Waals surface area contributed by atoms with Gasteiger partial charge in [-0.1, -0.05) is 13.8 Å². The number of cyclic esters (lactones) is 1. The molecule has 1 aromatic heterocycles. The van der Waals surface area contributed by atoms with Gasteiger partial charge in [0.15, 0.2) is 12.1 Å². The summed E-state index contributed by atoms with van der Waals surface area (Å²) in [4.78, 5) is 39.3. The number of aliphatic hydroxyl groups excluding tert-OH is 1. The first-order valence-electron chi connectivity index (χ1n) is 17.8. The van der Waals surface area contributed by atoms with Gasteiger partial charge in [-0.3, -0.25) is 19.4 Å². The van der Waals surface area contributed by atoms with Crippen molar-refractivity contribution >= 4 is 11.8 Å². The molecule has 0 bridgehead atoms. The molecule has 1 aromatic rings.